The molecule has 0 amide bonds. The predicted molar refractivity (Wildman–Crippen MR) is 98.5 cm³/mol. The number of fused-ring (bicyclic) bond motifs is 1. The first-order valence-electron chi connectivity index (χ1n) is 8.29. The van der Waals surface area contributed by atoms with Crippen molar-refractivity contribution < 1.29 is 17.9 Å². The number of nitrogens with one attached hydrogen (secondary N) is 3. The zero-order valence-electron chi connectivity index (χ0n) is 14.6. The van der Waals surface area contributed by atoms with Gasteiger partial charge in [0.2, 0.25) is 0 Å². The van der Waals surface area contributed by atoms with Crippen LogP contribution in [0.15, 0.2) is 59.6 Å². The van der Waals surface area contributed by atoms with Gasteiger partial charge in [-0.1, -0.05) is 36.4 Å². The standard InChI is InChI=1S/C19H19F3N4O/c1-23-18(25-12-15-10-13-6-2-4-8-16(13)26-15)24-11-14-7-3-5-9-17(14)27-19(20,21)22/h2-10,26H,11-12H2,1H3,(H2,23,24,25). The van der Waals surface area contributed by atoms with E-state index in [0.29, 0.717) is 18.1 Å². The summed E-state index contributed by atoms with van der Waals surface area (Å²) in [5, 5.41) is 7.23. The molecule has 0 radical (unpaired) electrons. The maximum atomic E-state index is 12.5. The first-order valence-corrected chi connectivity index (χ1v) is 8.29. The predicted octanol–water partition coefficient (Wildman–Crippen LogP) is 3.93. The van der Waals surface area contributed by atoms with Crippen LogP contribution < -0.4 is 15.4 Å². The number of benzene rings is 2. The molecule has 3 N–H and O–H groups in total. The van der Waals surface area contributed by atoms with Crippen molar-refractivity contribution in [3.8, 4) is 5.75 Å². The number of guanidine groups is 1. The van der Waals surface area contributed by atoms with Crippen LogP contribution in [-0.4, -0.2) is 24.4 Å². The Morgan fingerprint density at radius 1 is 1.04 bits per heavy atom. The van der Waals surface area contributed by atoms with Crippen LogP contribution in [0.5, 0.6) is 5.75 Å². The third-order valence-electron chi connectivity index (χ3n) is 3.90. The van der Waals surface area contributed by atoms with E-state index in [1.807, 2.05) is 30.3 Å². The Morgan fingerprint density at radius 3 is 2.48 bits per heavy atom. The lowest BCUT2D eigenvalue weighted by Gasteiger charge is -2.15. The van der Waals surface area contributed by atoms with Gasteiger partial charge in [0.25, 0.3) is 0 Å². The topological polar surface area (TPSA) is 61.4 Å². The normalized spacial score (nSPS) is 12.2. The molecular formula is C19H19F3N4O. The Morgan fingerprint density at radius 2 is 1.74 bits per heavy atom. The van der Waals surface area contributed by atoms with E-state index in [-0.39, 0.29) is 12.3 Å². The van der Waals surface area contributed by atoms with Crippen molar-refractivity contribution in [2.45, 2.75) is 19.5 Å². The molecule has 5 nitrogen and oxygen atoms in total. The molecule has 0 aliphatic heterocycles. The summed E-state index contributed by atoms with van der Waals surface area (Å²) < 4.78 is 41.6. The molecule has 0 fully saturated rings. The third-order valence-corrected chi connectivity index (χ3v) is 3.90. The van der Waals surface area contributed by atoms with E-state index < -0.39 is 6.36 Å². The van der Waals surface area contributed by atoms with Crippen LogP contribution in [0.4, 0.5) is 13.2 Å². The highest BCUT2D eigenvalue weighted by atomic mass is 19.4. The highest BCUT2D eigenvalue weighted by Gasteiger charge is 2.31. The zero-order valence-corrected chi connectivity index (χ0v) is 14.6. The summed E-state index contributed by atoms with van der Waals surface area (Å²) in [6.07, 6.45) is -4.73. The van der Waals surface area contributed by atoms with Gasteiger partial charge >= 0.3 is 6.36 Å². The average Bonchev–Trinajstić information content (AvgIpc) is 3.04. The van der Waals surface area contributed by atoms with Crippen LogP contribution in [0.25, 0.3) is 10.9 Å². The number of ether oxygens (including phenoxy) is 1. The van der Waals surface area contributed by atoms with Gasteiger partial charge in [0.15, 0.2) is 5.96 Å². The van der Waals surface area contributed by atoms with Gasteiger partial charge in [0.1, 0.15) is 5.75 Å². The summed E-state index contributed by atoms with van der Waals surface area (Å²) in [5.74, 6) is 0.235. The van der Waals surface area contributed by atoms with Gasteiger partial charge in [-0.15, -0.1) is 13.2 Å². The van der Waals surface area contributed by atoms with Crippen molar-refractivity contribution in [1.82, 2.24) is 15.6 Å². The second-order valence-corrected chi connectivity index (χ2v) is 5.82. The molecular weight excluding hydrogens is 357 g/mol. The first kappa shape index (κ1) is 18.6. The monoisotopic (exact) mass is 376 g/mol. The number of rotatable bonds is 5. The summed E-state index contributed by atoms with van der Waals surface area (Å²) in [6, 6.07) is 16.0. The summed E-state index contributed by atoms with van der Waals surface area (Å²) in [6.45, 7) is 0.633. The quantitative estimate of drug-likeness (QED) is 0.467. The fourth-order valence-corrected chi connectivity index (χ4v) is 2.68. The minimum atomic E-state index is -4.73. The van der Waals surface area contributed by atoms with Crippen LogP contribution in [0.2, 0.25) is 0 Å². The van der Waals surface area contributed by atoms with Crippen LogP contribution >= 0.6 is 0 Å². The number of hydrogen-bond donors (Lipinski definition) is 3. The summed E-state index contributed by atoms with van der Waals surface area (Å²) in [7, 11) is 1.60. The van der Waals surface area contributed by atoms with Gasteiger partial charge in [-0.05, 0) is 23.6 Å². The van der Waals surface area contributed by atoms with E-state index in [4.69, 9.17) is 0 Å². The average molecular weight is 376 g/mol. The van der Waals surface area contributed by atoms with E-state index in [1.54, 1.807) is 19.2 Å². The van der Waals surface area contributed by atoms with Crippen molar-refractivity contribution in [2.24, 2.45) is 4.99 Å². The van der Waals surface area contributed by atoms with E-state index >= 15 is 0 Å². The third kappa shape index (κ3) is 5.16. The number of aromatic amines is 1. The fourth-order valence-electron chi connectivity index (χ4n) is 2.68. The van der Waals surface area contributed by atoms with E-state index in [2.05, 4.69) is 25.3 Å². The number of hydrogen-bond acceptors (Lipinski definition) is 2. The number of para-hydroxylation sites is 2. The molecule has 1 heterocycles. The lowest BCUT2D eigenvalue weighted by Crippen LogP contribution is -2.36. The highest BCUT2D eigenvalue weighted by Crippen LogP contribution is 2.26. The minimum absolute atomic E-state index is 0.138. The molecule has 0 aliphatic rings. The van der Waals surface area contributed by atoms with E-state index in [9.17, 15) is 13.2 Å². The molecule has 0 saturated carbocycles. The number of aliphatic imine (C=N–C) groups is 1. The SMILES string of the molecule is CN=C(NCc1cc2ccccc2[nH]1)NCc1ccccc1OC(F)(F)F. The Kier molecular flexibility index (Phi) is 5.54. The van der Waals surface area contributed by atoms with Gasteiger partial charge in [0.05, 0.1) is 6.54 Å². The number of H-pyrrole nitrogens is 1. The molecule has 142 valence electrons. The fraction of sp³-hybridized carbons (Fsp3) is 0.211. The molecule has 3 aromatic rings. The number of alkyl halides is 3. The smallest absolute Gasteiger partial charge is 0.405 e. The van der Waals surface area contributed by atoms with Crippen molar-refractivity contribution in [2.75, 3.05) is 7.05 Å². The molecule has 0 spiro atoms. The summed E-state index contributed by atoms with van der Waals surface area (Å²) in [5.41, 5.74) is 2.39. The highest BCUT2D eigenvalue weighted by molar-refractivity contribution is 5.81. The van der Waals surface area contributed by atoms with Gasteiger partial charge in [0, 0.05) is 30.4 Å². The Bertz CT molecular complexity index is 901. The molecule has 1 aromatic heterocycles. The van der Waals surface area contributed by atoms with Gasteiger partial charge in [-0.2, -0.15) is 0 Å². The maximum Gasteiger partial charge on any atom is 0.573 e. The van der Waals surface area contributed by atoms with Crippen molar-refractivity contribution in [3.63, 3.8) is 0 Å². The van der Waals surface area contributed by atoms with Crippen LogP contribution in [0, 0.1) is 0 Å². The minimum Gasteiger partial charge on any atom is -0.405 e. The molecule has 0 unspecified atom stereocenters. The van der Waals surface area contributed by atoms with Crippen LogP contribution in [0.3, 0.4) is 0 Å². The van der Waals surface area contributed by atoms with Crippen LogP contribution in [0.1, 0.15) is 11.3 Å². The van der Waals surface area contributed by atoms with Crippen molar-refractivity contribution in [3.05, 3.63) is 65.9 Å². The molecule has 0 bridgehead atoms. The molecule has 0 atom stereocenters. The lowest BCUT2D eigenvalue weighted by molar-refractivity contribution is -0.274. The number of aromatic nitrogens is 1. The molecule has 2 aromatic carbocycles. The largest absolute Gasteiger partial charge is 0.573 e. The summed E-state index contributed by atoms with van der Waals surface area (Å²) in [4.78, 5) is 7.39. The Balaban J connectivity index is 1.60. The van der Waals surface area contributed by atoms with Crippen molar-refractivity contribution >= 4 is 16.9 Å². The molecule has 0 aliphatic carbocycles. The second-order valence-electron chi connectivity index (χ2n) is 5.82. The number of halogens is 3. The van der Waals surface area contributed by atoms with Gasteiger partial charge in [-0.3, -0.25) is 4.99 Å². The molecule has 8 heteroatoms. The first-order chi connectivity index (χ1) is 12.9. The molecule has 3 rings (SSSR count). The van der Waals surface area contributed by atoms with E-state index in [1.165, 1.54) is 12.1 Å². The second kappa shape index (κ2) is 8.03. The van der Waals surface area contributed by atoms with Gasteiger partial charge < -0.3 is 20.4 Å². The maximum absolute atomic E-state index is 12.5. The summed E-state index contributed by atoms with van der Waals surface area (Å²) >= 11 is 0. The van der Waals surface area contributed by atoms with Gasteiger partial charge in [-0.25, -0.2) is 0 Å². The number of nitrogens with zero attached hydrogens (tertiary/aromatic N) is 1. The van der Waals surface area contributed by atoms with E-state index in [0.717, 1.165) is 16.6 Å². The molecule has 0 saturated heterocycles. The zero-order chi connectivity index (χ0) is 19.3. The van der Waals surface area contributed by atoms with Crippen molar-refractivity contribution in [1.29, 1.82) is 0 Å². The Hall–Kier alpha value is -3.16. The lowest BCUT2D eigenvalue weighted by atomic mass is 10.2. The molecule has 27 heavy (non-hydrogen) atoms. The Labute approximate surface area is 154 Å². The van der Waals surface area contributed by atoms with Crippen LogP contribution in [-0.2, 0) is 13.1 Å².